The minimum absolute atomic E-state index is 0. The Morgan fingerprint density at radius 2 is 1.08 bits per heavy atom. The number of ether oxygens (including phenoxy) is 5. The van der Waals surface area contributed by atoms with Crippen LogP contribution >= 0.6 is 13.5 Å². The molecule has 1 aromatic rings. The Bertz CT molecular complexity index is 2750. The molecule has 27 nitrogen and oxygen atoms in total. The molecule has 3 N–H and O–H groups in total. The number of sulfonamides is 1. The molecule has 5 aliphatic rings. The van der Waals surface area contributed by atoms with Crippen LogP contribution in [0.5, 0.6) is 0 Å². The van der Waals surface area contributed by atoms with E-state index in [-0.39, 0.29) is 245 Å². The molecule has 4 saturated carbocycles. The van der Waals surface area contributed by atoms with Gasteiger partial charge in [0.05, 0.1) is 55.7 Å². The number of benzene rings is 1. The molecule has 1 heterocycles. The molecule has 5 fully saturated rings. The van der Waals surface area contributed by atoms with Gasteiger partial charge in [-0.1, -0.05) is 59.2 Å². The molecule has 98 heavy (non-hydrogen) atoms. The van der Waals surface area contributed by atoms with Crippen molar-refractivity contribution in [2.75, 3.05) is 41.2 Å². The molecule has 1 spiro atoms. The van der Waals surface area contributed by atoms with Crippen molar-refractivity contribution >= 4 is 131 Å². The van der Waals surface area contributed by atoms with E-state index < -0.39 is 51.2 Å². The monoisotopic (exact) mass is 1900 g/mol. The Kier molecular flexibility index (Phi) is 82.9. The van der Waals surface area contributed by atoms with Crippen LogP contribution in [-0.4, -0.2) is 157 Å². The normalized spacial score (nSPS) is 17.8. The molecular weight excluding hydrogens is 1800 g/mol. The van der Waals surface area contributed by atoms with Gasteiger partial charge in [0.15, 0.2) is 5.79 Å². The van der Waals surface area contributed by atoms with E-state index in [0.717, 1.165) is 112 Å². The first-order chi connectivity index (χ1) is 44.5. The van der Waals surface area contributed by atoms with Crippen molar-refractivity contribution in [2.24, 2.45) is 28.2 Å². The number of rotatable bonds is 18. The summed E-state index contributed by atoms with van der Waals surface area (Å²) in [4.78, 5) is 132. The Labute approximate surface area is 723 Å². The van der Waals surface area contributed by atoms with Crippen molar-refractivity contribution < 1.29 is 253 Å². The molecule has 0 bridgehead atoms. The van der Waals surface area contributed by atoms with E-state index in [2.05, 4.69) is 46.1 Å². The van der Waals surface area contributed by atoms with Crippen LogP contribution in [0, 0.1) is 174 Å². The van der Waals surface area contributed by atoms with E-state index >= 15 is 0 Å². The molecule has 6 rings (SSSR count). The van der Waals surface area contributed by atoms with E-state index in [9.17, 15) is 61.2 Å². The van der Waals surface area contributed by atoms with Crippen molar-refractivity contribution in [2.45, 2.75) is 235 Å². The number of aliphatic hydroxyl groups is 1. The number of carbonyl (C=O) groups excluding carboxylic acids is 10. The van der Waals surface area contributed by atoms with Gasteiger partial charge in [-0.25, -0.2) is 13.2 Å². The maximum absolute atomic E-state index is 11.2. The van der Waals surface area contributed by atoms with E-state index in [0.29, 0.717) is 51.9 Å². The van der Waals surface area contributed by atoms with Crippen LogP contribution in [0.3, 0.4) is 0 Å². The first-order valence-corrected chi connectivity index (χ1v) is 35.3. The van der Waals surface area contributed by atoms with Crippen LogP contribution in [0.25, 0.3) is 16.0 Å². The largest absolute Gasteiger partial charge is 0.481 e. The fraction of sp³-hybridized carbons (Fsp3) is 0.703. The van der Waals surface area contributed by atoms with Gasteiger partial charge >= 0.3 is 23.6 Å². The van der Waals surface area contributed by atoms with Crippen molar-refractivity contribution in [1.82, 2.24) is 0 Å². The average Bonchev–Trinajstić information content (AvgIpc) is 1.65. The number of ketones is 8. The number of hydrogen-bond acceptors (Lipinski definition) is 22. The zero-order valence-corrected chi connectivity index (χ0v) is 69.3. The third-order valence-electron chi connectivity index (χ3n) is 13.7. The Hall–Kier alpha value is -1.82. The van der Waals surface area contributed by atoms with Crippen LogP contribution in [0.4, 0.5) is 0 Å². The molecule has 0 aromatic heterocycles. The summed E-state index contributed by atoms with van der Waals surface area (Å²) in [5.41, 5.74) is 16.5. The van der Waals surface area contributed by atoms with Gasteiger partial charge in [0.2, 0.25) is 0 Å². The van der Waals surface area contributed by atoms with Gasteiger partial charge in [0, 0.05) is 249 Å². The van der Waals surface area contributed by atoms with Gasteiger partial charge in [-0.15, -0.1) is 0 Å². The summed E-state index contributed by atoms with van der Waals surface area (Å²) in [5.74, 6) is -3.51. The number of aliphatic carboxylic acids is 2. The number of methoxy groups -OCH3 is 3. The summed E-state index contributed by atoms with van der Waals surface area (Å²) < 4.78 is 49.9. The van der Waals surface area contributed by atoms with Crippen molar-refractivity contribution in [1.29, 1.82) is 0 Å². The molecule has 1 aromatic carbocycles. The second kappa shape index (κ2) is 70.8. The topological polar surface area (TPSA) is 431 Å². The maximum atomic E-state index is 11.2. The summed E-state index contributed by atoms with van der Waals surface area (Å²) in [6.45, 7) is 24.3. The molecule has 0 radical (unpaired) electrons. The van der Waals surface area contributed by atoms with Crippen LogP contribution in [0.2, 0.25) is 0 Å². The van der Waals surface area contributed by atoms with Crippen molar-refractivity contribution in [3.05, 3.63) is 45.8 Å². The number of carboxylic acids is 2. The number of esters is 2. The van der Waals surface area contributed by atoms with E-state index in [1.807, 2.05) is 48.5 Å². The Morgan fingerprint density at radius 3 is 1.36 bits per heavy atom. The predicted octanol–water partition coefficient (Wildman–Crippen LogP) is 10.4. The number of hydrogen-bond donors (Lipinski definition) is 3. The molecule has 1 saturated heterocycles. The Balaban J connectivity index is -0.000000129. The zero-order chi connectivity index (χ0) is 74.9. The fourth-order valence-electron chi connectivity index (χ4n) is 9.05. The quantitative estimate of drug-likeness (QED) is 0.0307. The van der Waals surface area contributed by atoms with Crippen LogP contribution < -0.4 is 0 Å². The molecule has 5 atom stereocenters. The number of carbonyl (C=O) groups is 12. The predicted molar refractivity (Wildman–Crippen MR) is 374 cm³/mol. The van der Waals surface area contributed by atoms with Gasteiger partial charge in [0.25, 0.3) is 21.8 Å². The molecule has 4 aliphatic carbocycles. The van der Waals surface area contributed by atoms with Gasteiger partial charge < -0.3 is 44.5 Å². The summed E-state index contributed by atoms with van der Waals surface area (Å²) in [6.07, 6.45) is 14.5. The number of Topliss-reactive ketones (excluding diaryl/α,β-unsaturated/α-hetero) is 8. The zero-order valence-electron chi connectivity index (χ0n) is 59.6. The molecule has 1 aliphatic heterocycles. The van der Waals surface area contributed by atoms with Gasteiger partial charge in [-0.05, 0) is 143 Å². The van der Waals surface area contributed by atoms with Crippen molar-refractivity contribution in [3.63, 3.8) is 0 Å². The molecule has 566 valence electrons. The third-order valence-corrected chi connectivity index (χ3v) is 14.9. The summed E-state index contributed by atoms with van der Waals surface area (Å²) in [5, 5.41) is 23.2. The summed E-state index contributed by atoms with van der Waals surface area (Å²) in [7, 11) is 1.19. The molecule has 34 heteroatoms. The SMILES string of the molecule is CC.CC(=O)C1CCCC12OCCO2.CC(=O)C1CCCC1=O.CC(=O)C1CCCC1=O.CC(=O)O.CCCC(=O)C(=[N+]=[N-])C(=O)OC.CCCC(=O)CC(=O)OC.CCCC(=O)O.CCCO.CO[C@@]1(C)CCCC1C(C)=O.Cc1ccc(S(=O)(=O)N=[N+]=[N-])cc1.S.S=S=S.[Rn].[Rn]. The minimum Gasteiger partial charge on any atom is -0.481 e. The van der Waals surface area contributed by atoms with Gasteiger partial charge in [0.1, 0.15) is 46.9 Å². The standard InChI is InChI=1S/C9H14O3.C9H16O2.C7H7N3O2S.C7H10N2O3.C7H12O3.2C7H10O2.C4H8O2.C3H8O.C2H4O2.C2H6.2Rn.S3.H2S/c1-7(10)8-3-2-4-9(8)11-5-6-12-9;1-7(10)8-5-4-6-9(8,2)11-3;1-6-2-4-7(5-3-6)13(11,12)10-9-8;1-3-4-5(10)6(9-8)7(11)12-2;1-3-4-6(8)5-7(9)10-2;2*1-5(8)6-3-2-4-7(6)9;1-2-3-4(5)6;1-2-3-4;1-2(3)4;1-2;;;1-3-2;/h8H,2-6H2,1H3;8H,4-6H2,1-3H3;2-5H,1H3;3-4H2,1-2H3;3-5H2,1-2H3;2*6H,2-4H2,1H3;2-3H2,1H3,(H,5,6);4H,2-3H2,1H3;1H3,(H,3,4);1-2H3;;;;1H2/t;8?,9-;;;;;;;;;;;;;/m.0............./s1. The second-order valence-electron chi connectivity index (χ2n) is 21.2. The first kappa shape index (κ1) is 115. The van der Waals surface area contributed by atoms with E-state index in [4.69, 9.17) is 45.4 Å². The second-order valence-corrected chi connectivity index (χ2v) is 24.6. The summed E-state index contributed by atoms with van der Waals surface area (Å²) >= 11 is 8.25. The third kappa shape index (κ3) is 56.6. The van der Waals surface area contributed by atoms with Crippen molar-refractivity contribution in [3.8, 4) is 0 Å². The van der Waals surface area contributed by atoms with Gasteiger partial charge in [-0.3, -0.25) is 52.7 Å². The van der Waals surface area contributed by atoms with E-state index in [1.54, 1.807) is 40.0 Å². The van der Waals surface area contributed by atoms with Crippen LogP contribution in [0.1, 0.15) is 217 Å². The first-order valence-electron chi connectivity index (χ1n) is 31.2. The minimum atomic E-state index is -3.82. The molecule has 0 amide bonds. The number of azide groups is 1. The number of aryl methyl sites for hydroxylation is 1. The average molecular weight is 1900 g/mol. The molecule has 4 unspecified atom stereocenters. The Morgan fingerprint density at radius 1 is 0.673 bits per heavy atom. The van der Waals surface area contributed by atoms with Gasteiger partial charge in [-0.2, -0.15) is 18.3 Å². The number of aliphatic hydroxyl groups excluding tert-OH is 1. The summed E-state index contributed by atoms with van der Waals surface area (Å²) in [6, 6.07) is 6.08. The van der Waals surface area contributed by atoms with E-state index in [1.165, 1.54) is 33.1 Å². The fourth-order valence-corrected chi connectivity index (χ4v) is 9.72. The maximum Gasteiger partial charge on any atom is 0.441 e. The van der Waals surface area contributed by atoms with Crippen LogP contribution in [-0.2, 0) is 122 Å². The smallest absolute Gasteiger partial charge is 0.441 e. The van der Waals surface area contributed by atoms with Crippen LogP contribution in [0.15, 0.2) is 33.7 Å². The number of carboxylic acid groups (broad SMARTS) is 2. The number of nitrogens with zero attached hydrogens (tertiary/aromatic N) is 5. The molecular formula is C64H107N5O22Rn2S5.